The van der Waals surface area contributed by atoms with Crippen molar-refractivity contribution >= 4 is 5.69 Å². The first-order chi connectivity index (χ1) is 6.74. The molecule has 0 aliphatic heterocycles. The van der Waals surface area contributed by atoms with E-state index < -0.39 is 0 Å². The first kappa shape index (κ1) is 8.55. The predicted octanol–water partition coefficient (Wildman–Crippen LogP) is 1.75. The number of nitrogens with two attached hydrogens (primary N) is 1. The third kappa shape index (κ3) is 1.82. The van der Waals surface area contributed by atoms with Gasteiger partial charge in [-0.3, -0.25) is 0 Å². The van der Waals surface area contributed by atoms with Gasteiger partial charge in [-0.05, 0) is 17.3 Å². The number of ether oxygens (including phenoxy) is 1. The Morgan fingerprint density at radius 1 is 1.43 bits per heavy atom. The molecule has 0 fully saturated rings. The topological polar surface area (TPSA) is 74.2 Å². The number of anilines is 1. The Labute approximate surface area is 80.5 Å². The number of nitrogens with zero attached hydrogens (tertiary/aromatic N) is 2. The molecule has 0 aliphatic carbocycles. The average molecular weight is 191 g/mol. The summed E-state index contributed by atoms with van der Waals surface area (Å²) in [6.07, 6.45) is 0. The first-order valence-electron chi connectivity index (χ1n) is 4.08. The molecule has 72 valence electrons. The third-order valence-corrected chi connectivity index (χ3v) is 1.58. The van der Waals surface area contributed by atoms with Crippen LogP contribution in [0, 0.1) is 6.92 Å². The molecule has 2 rings (SSSR count). The van der Waals surface area contributed by atoms with Gasteiger partial charge in [-0.15, -0.1) is 0 Å². The minimum absolute atomic E-state index is 0.188. The lowest BCUT2D eigenvalue weighted by molar-refractivity contribution is 0.355. The van der Waals surface area contributed by atoms with Crippen LogP contribution >= 0.6 is 0 Å². The number of hydrogen-bond acceptors (Lipinski definition) is 5. The number of aromatic nitrogens is 2. The summed E-state index contributed by atoms with van der Waals surface area (Å²) < 4.78 is 10.0. The number of aryl methyl sites for hydroxylation is 1. The van der Waals surface area contributed by atoms with Gasteiger partial charge >= 0.3 is 6.01 Å². The van der Waals surface area contributed by atoms with Crippen molar-refractivity contribution in [2.45, 2.75) is 6.92 Å². The minimum Gasteiger partial charge on any atom is -0.422 e. The second kappa shape index (κ2) is 3.37. The second-order valence-electron chi connectivity index (χ2n) is 2.77. The highest BCUT2D eigenvalue weighted by Gasteiger charge is 2.04. The maximum absolute atomic E-state index is 5.57. The van der Waals surface area contributed by atoms with E-state index in [-0.39, 0.29) is 6.01 Å². The minimum atomic E-state index is 0.188. The number of nitrogen functional groups attached to an aromatic ring is 1. The van der Waals surface area contributed by atoms with E-state index in [1.807, 2.05) is 0 Å². The summed E-state index contributed by atoms with van der Waals surface area (Å²) in [5, 5.41) is 3.59. The Kier molecular flexibility index (Phi) is 2.06. The zero-order valence-corrected chi connectivity index (χ0v) is 7.60. The Hall–Kier alpha value is -2.04. The molecule has 0 spiro atoms. The second-order valence-corrected chi connectivity index (χ2v) is 2.77. The molecule has 5 heteroatoms. The number of benzene rings is 1. The van der Waals surface area contributed by atoms with Crippen LogP contribution in [-0.4, -0.2) is 10.1 Å². The molecule has 0 unspecified atom stereocenters. The van der Waals surface area contributed by atoms with Crippen molar-refractivity contribution in [2.75, 3.05) is 5.73 Å². The SMILES string of the molecule is Cc1nc(Oc2cccc(N)c2)no1. The van der Waals surface area contributed by atoms with Crippen LogP contribution in [0.25, 0.3) is 0 Å². The van der Waals surface area contributed by atoms with Gasteiger partial charge in [-0.25, -0.2) is 0 Å². The van der Waals surface area contributed by atoms with Crippen LogP contribution in [-0.2, 0) is 0 Å². The number of rotatable bonds is 2. The molecular weight excluding hydrogens is 182 g/mol. The quantitative estimate of drug-likeness (QED) is 0.732. The van der Waals surface area contributed by atoms with Gasteiger partial charge in [0.05, 0.1) is 0 Å². The molecule has 0 atom stereocenters. The third-order valence-electron chi connectivity index (χ3n) is 1.58. The summed E-state index contributed by atoms with van der Waals surface area (Å²) in [5.74, 6) is 1.05. The molecule has 5 nitrogen and oxygen atoms in total. The molecule has 1 heterocycles. The highest BCUT2D eigenvalue weighted by Crippen LogP contribution is 2.20. The molecule has 2 N–H and O–H groups in total. The molecule has 1 aromatic carbocycles. The van der Waals surface area contributed by atoms with Crippen molar-refractivity contribution in [3.63, 3.8) is 0 Å². The standard InChI is InChI=1S/C9H9N3O2/c1-6-11-9(12-14-6)13-8-4-2-3-7(10)5-8/h2-5H,10H2,1H3. The lowest BCUT2D eigenvalue weighted by Gasteiger charge is -1.99. The summed E-state index contributed by atoms with van der Waals surface area (Å²) in [5.41, 5.74) is 6.20. The van der Waals surface area contributed by atoms with Crippen LogP contribution in [0.2, 0.25) is 0 Å². The van der Waals surface area contributed by atoms with E-state index in [9.17, 15) is 0 Å². The lowest BCUT2D eigenvalue weighted by atomic mass is 10.3. The van der Waals surface area contributed by atoms with Crippen molar-refractivity contribution in [2.24, 2.45) is 0 Å². The van der Waals surface area contributed by atoms with Crippen molar-refractivity contribution in [3.8, 4) is 11.8 Å². The van der Waals surface area contributed by atoms with Crippen LogP contribution < -0.4 is 10.5 Å². The lowest BCUT2D eigenvalue weighted by Crippen LogP contribution is -1.88. The summed E-state index contributed by atoms with van der Waals surface area (Å²) in [6.45, 7) is 1.69. The van der Waals surface area contributed by atoms with E-state index >= 15 is 0 Å². The van der Waals surface area contributed by atoms with E-state index in [1.54, 1.807) is 31.2 Å². The van der Waals surface area contributed by atoms with E-state index in [2.05, 4.69) is 10.1 Å². The Morgan fingerprint density at radius 2 is 2.29 bits per heavy atom. The van der Waals surface area contributed by atoms with Gasteiger partial charge in [0.2, 0.25) is 5.89 Å². The molecular formula is C9H9N3O2. The fourth-order valence-corrected chi connectivity index (χ4v) is 1.01. The maximum atomic E-state index is 5.57. The molecule has 0 radical (unpaired) electrons. The summed E-state index contributed by atoms with van der Waals surface area (Å²) in [7, 11) is 0. The monoisotopic (exact) mass is 191 g/mol. The number of hydrogen-bond donors (Lipinski definition) is 1. The van der Waals surface area contributed by atoms with Crippen molar-refractivity contribution in [3.05, 3.63) is 30.2 Å². The van der Waals surface area contributed by atoms with Gasteiger partial charge in [-0.1, -0.05) is 6.07 Å². The summed E-state index contributed by atoms with van der Waals surface area (Å²) in [6, 6.07) is 7.20. The molecule has 0 saturated carbocycles. The molecule has 0 saturated heterocycles. The fraction of sp³-hybridized carbons (Fsp3) is 0.111. The molecule has 0 aliphatic rings. The van der Waals surface area contributed by atoms with Crippen LogP contribution in [0.3, 0.4) is 0 Å². The van der Waals surface area contributed by atoms with Crippen LogP contribution in [0.5, 0.6) is 11.8 Å². The largest absolute Gasteiger partial charge is 0.422 e. The Morgan fingerprint density at radius 3 is 2.93 bits per heavy atom. The van der Waals surface area contributed by atoms with Gasteiger partial charge in [0.25, 0.3) is 0 Å². The van der Waals surface area contributed by atoms with Crippen LogP contribution in [0.15, 0.2) is 28.8 Å². The summed E-state index contributed by atoms with van der Waals surface area (Å²) in [4.78, 5) is 3.89. The van der Waals surface area contributed by atoms with Crippen LogP contribution in [0.1, 0.15) is 5.89 Å². The van der Waals surface area contributed by atoms with Gasteiger partial charge < -0.3 is 15.0 Å². The molecule has 14 heavy (non-hydrogen) atoms. The maximum Gasteiger partial charge on any atom is 0.359 e. The zero-order chi connectivity index (χ0) is 9.97. The first-order valence-corrected chi connectivity index (χ1v) is 4.08. The Bertz CT molecular complexity index is 439. The van der Waals surface area contributed by atoms with Crippen LogP contribution in [0.4, 0.5) is 5.69 Å². The van der Waals surface area contributed by atoms with Crippen molar-refractivity contribution in [1.29, 1.82) is 0 Å². The Balaban J connectivity index is 2.18. The predicted molar refractivity (Wildman–Crippen MR) is 50.0 cm³/mol. The zero-order valence-electron chi connectivity index (χ0n) is 7.60. The average Bonchev–Trinajstić information content (AvgIpc) is 2.51. The highest BCUT2D eigenvalue weighted by molar-refractivity contribution is 5.44. The molecule has 2 aromatic rings. The molecule has 0 amide bonds. The smallest absolute Gasteiger partial charge is 0.359 e. The van der Waals surface area contributed by atoms with Gasteiger partial charge in [0.15, 0.2) is 0 Å². The van der Waals surface area contributed by atoms with Crippen molar-refractivity contribution in [1.82, 2.24) is 10.1 Å². The highest BCUT2D eigenvalue weighted by atomic mass is 16.6. The van der Waals surface area contributed by atoms with Crippen molar-refractivity contribution < 1.29 is 9.26 Å². The van der Waals surface area contributed by atoms with E-state index in [1.165, 1.54) is 0 Å². The molecule has 0 bridgehead atoms. The summed E-state index contributed by atoms with van der Waals surface area (Å²) >= 11 is 0. The van der Waals surface area contributed by atoms with E-state index in [4.69, 9.17) is 15.0 Å². The van der Waals surface area contributed by atoms with Gasteiger partial charge in [-0.2, -0.15) is 4.98 Å². The molecule has 1 aromatic heterocycles. The van der Waals surface area contributed by atoms with E-state index in [0.29, 0.717) is 17.3 Å². The fourth-order valence-electron chi connectivity index (χ4n) is 1.01. The normalized spacial score (nSPS) is 10.1. The van der Waals surface area contributed by atoms with E-state index in [0.717, 1.165) is 0 Å². The van der Waals surface area contributed by atoms with Gasteiger partial charge in [0, 0.05) is 18.7 Å². The van der Waals surface area contributed by atoms with Gasteiger partial charge in [0.1, 0.15) is 5.75 Å².